The van der Waals surface area contributed by atoms with Crippen molar-refractivity contribution in [1.82, 2.24) is 15.0 Å². The number of alkyl halides is 3. The van der Waals surface area contributed by atoms with Crippen molar-refractivity contribution in [3.63, 3.8) is 0 Å². The van der Waals surface area contributed by atoms with Crippen LogP contribution < -0.4 is 5.73 Å². The van der Waals surface area contributed by atoms with Crippen molar-refractivity contribution in [3.05, 3.63) is 11.7 Å². The molecule has 120 valence electrons. The molecule has 0 amide bonds. The fraction of sp³-hybridized carbons (Fsp3) is 0.818. The Morgan fingerprint density at radius 1 is 1.33 bits per heavy atom. The molecular weight excluding hydrogens is 293 g/mol. The van der Waals surface area contributed by atoms with Gasteiger partial charge in [-0.3, -0.25) is 4.90 Å². The van der Waals surface area contributed by atoms with E-state index in [-0.39, 0.29) is 11.7 Å². The quantitative estimate of drug-likeness (QED) is 0.817. The predicted octanol–water partition coefficient (Wildman–Crippen LogP) is 0.480. The van der Waals surface area contributed by atoms with Gasteiger partial charge < -0.3 is 19.7 Å². The molecule has 2 N–H and O–H groups in total. The van der Waals surface area contributed by atoms with Gasteiger partial charge in [0.2, 0.25) is 0 Å². The summed E-state index contributed by atoms with van der Waals surface area (Å²) < 4.78 is 50.2. The summed E-state index contributed by atoms with van der Waals surface area (Å²) >= 11 is 0. The molecule has 21 heavy (non-hydrogen) atoms. The first kappa shape index (κ1) is 16.1. The van der Waals surface area contributed by atoms with Crippen LogP contribution in [0.3, 0.4) is 0 Å². The van der Waals surface area contributed by atoms with E-state index in [0.29, 0.717) is 19.8 Å². The topological polar surface area (TPSA) is 86.6 Å². The molecule has 1 aromatic rings. The largest absolute Gasteiger partial charge is 0.411 e. The summed E-state index contributed by atoms with van der Waals surface area (Å²) in [5.41, 5.74) is 5.95. The SMILES string of the molecule is NC(CN1CCOCC1)c1noc(COCC(F)(F)F)n1. The second-order valence-electron chi connectivity index (χ2n) is 4.67. The van der Waals surface area contributed by atoms with Gasteiger partial charge in [0, 0.05) is 19.6 Å². The molecule has 0 saturated carbocycles. The molecule has 2 heterocycles. The van der Waals surface area contributed by atoms with E-state index in [2.05, 4.69) is 19.8 Å². The first-order valence-corrected chi connectivity index (χ1v) is 6.47. The Kier molecular flexibility index (Phi) is 5.51. The van der Waals surface area contributed by atoms with Gasteiger partial charge in [0.1, 0.15) is 13.2 Å². The summed E-state index contributed by atoms with van der Waals surface area (Å²) in [5, 5.41) is 3.67. The van der Waals surface area contributed by atoms with Gasteiger partial charge in [-0.1, -0.05) is 5.16 Å². The van der Waals surface area contributed by atoms with Crippen molar-refractivity contribution in [1.29, 1.82) is 0 Å². The second kappa shape index (κ2) is 7.16. The molecule has 1 aliphatic heterocycles. The molecule has 1 aromatic heterocycles. The number of hydrogen-bond donors (Lipinski definition) is 1. The monoisotopic (exact) mass is 310 g/mol. The molecule has 10 heteroatoms. The summed E-state index contributed by atoms with van der Waals surface area (Å²) in [6.07, 6.45) is -4.38. The van der Waals surface area contributed by atoms with Gasteiger partial charge in [0.05, 0.1) is 19.3 Å². The summed E-state index contributed by atoms with van der Waals surface area (Å²) in [6, 6.07) is -0.469. The lowest BCUT2D eigenvalue weighted by molar-refractivity contribution is -0.178. The van der Waals surface area contributed by atoms with Crippen molar-refractivity contribution in [2.45, 2.75) is 18.8 Å². The predicted molar refractivity (Wildman–Crippen MR) is 64.2 cm³/mol. The van der Waals surface area contributed by atoms with E-state index in [9.17, 15) is 13.2 Å². The summed E-state index contributed by atoms with van der Waals surface area (Å²) in [7, 11) is 0. The number of hydrogen-bond acceptors (Lipinski definition) is 7. The fourth-order valence-corrected chi connectivity index (χ4v) is 1.87. The highest BCUT2D eigenvalue weighted by atomic mass is 19.4. The molecular formula is C11H17F3N4O3. The Morgan fingerprint density at radius 3 is 2.71 bits per heavy atom. The third kappa shape index (κ3) is 5.58. The number of nitrogens with two attached hydrogens (primary N) is 1. The van der Waals surface area contributed by atoms with E-state index in [1.165, 1.54) is 0 Å². The van der Waals surface area contributed by atoms with Crippen molar-refractivity contribution in [3.8, 4) is 0 Å². The number of nitrogens with zero attached hydrogens (tertiary/aromatic N) is 3. The van der Waals surface area contributed by atoms with Crippen LogP contribution in [-0.2, 0) is 16.1 Å². The van der Waals surface area contributed by atoms with E-state index in [0.717, 1.165) is 13.1 Å². The highest BCUT2D eigenvalue weighted by Gasteiger charge is 2.28. The summed E-state index contributed by atoms with van der Waals surface area (Å²) in [4.78, 5) is 6.04. The molecule has 0 bridgehead atoms. The van der Waals surface area contributed by atoms with Gasteiger partial charge in [-0.05, 0) is 0 Å². The Bertz CT molecular complexity index is 435. The molecule has 1 saturated heterocycles. The smallest absolute Gasteiger partial charge is 0.379 e. The van der Waals surface area contributed by atoms with E-state index >= 15 is 0 Å². The van der Waals surface area contributed by atoms with Crippen LogP contribution in [0.5, 0.6) is 0 Å². The summed E-state index contributed by atoms with van der Waals surface area (Å²) in [6.45, 7) is 1.62. The number of rotatable bonds is 6. The molecule has 0 radical (unpaired) electrons. The zero-order valence-corrected chi connectivity index (χ0v) is 11.3. The molecule has 1 fully saturated rings. The fourth-order valence-electron chi connectivity index (χ4n) is 1.87. The van der Waals surface area contributed by atoms with Gasteiger partial charge in [0.25, 0.3) is 5.89 Å². The van der Waals surface area contributed by atoms with Gasteiger partial charge in [0.15, 0.2) is 5.82 Å². The molecule has 0 spiro atoms. The third-order valence-corrected chi connectivity index (χ3v) is 2.87. The number of morpholine rings is 1. The van der Waals surface area contributed by atoms with Crippen LogP contribution in [0.2, 0.25) is 0 Å². The molecule has 1 unspecified atom stereocenters. The first-order chi connectivity index (χ1) is 9.94. The molecule has 7 nitrogen and oxygen atoms in total. The Balaban J connectivity index is 1.78. The van der Waals surface area contributed by atoms with Crippen LogP contribution in [0.1, 0.15) is 17.8 Å². The van der Waals surface area contributed by atoms with Crippen LogP contribution >= 0.6 is 0 Å². The van der Waals surface area contributed by atoms with E-state index in [4.69, 9.17) is 15.0 Å². The molecule has 1 atom stereocenters. The highest BCUT2D eigenvalue weighted by Crippen LogP contribution is 2.16. The number of aromatic nitrogens is 2. The van der Waals surface area contributed by atoms with Crippen molar-refractivity contribution >= 4 is 0 Å². The normalized spacial score (nSPS) is 18.9. The van der Waals surface area contributed by atoms with Gasteiger partial charge >= 0.3 is 6.18 Å². The minimum atomic E-state index is -4.38. The zero-order valence-electron chi connectivity index (χ0n) is 11.3. The van der Waals surface area contributed by atoms with Crippen molar-refractivity contribution in [2.24, 2.45) is 5.73 Å². The van der Waals surface area contributed by atoms with Crippen LogP contribution in [0, 0.1) is 0 Å². The number of halogens is 3. The lowest BCUT2D eigenvalue weighted by atomic mass is 10.2. The number of ether oxygens (including phenoxy) is 2. The average Bonchev–Trinajstić information content (AvgIpc) is 2.87. The maximum absolute atomic E-state index is 11.9. The lowest BCUT2D eigenvalue weighted by Crippen LogP contribution is -2.40. The molecule has 2 rings (SSSR count). The van der Waals surface area contributed by atoms with E-state index in [1.54, 1.807) is 0 Å². The van der Waals surface area contributed by atoms with Crippen molar-refractivity contribution in [2.75, 3.05) is 39.5 Å². The minimum absolute atomic E-state index is 0.0216. The third-order valence-electron chi connectivity index (χ3n) is 2.87. The Morgan fingerprint density at radius 2 is 2.05 bits per heavy atom. The summed E-state index contributed by atoms with van der Waals surface area (Å²) in [5.74, 6) is 0.235. The van der Waals surface area contributed by atoms with Gasteiger partial charge in [-0.25, -0.2) is 0 Å². The Labute approximate surface area is 119 Å². The molecule has 1 aliphatic rings. The molecule has 0 aromatic carbocycles. The molecule has 0 aliphatic carbocycles. The minimum Gasteiger partial charge on any atom is -0.379 e. The second-order valence-corrected chi connectivity index (χ2v) is 4.67. The maximum atomic E-state index is 11.9. The lowest BCUT2D eigenvalue weighted by Gasteiger charge is -2.27. The van der Waals surface area contributed by atoms with E-state index < -0.39 is 25.4 Å². The average molecular weight is 310 g/mol. The maximum Gasteiger partial charge on any atom is 0.411 e. The standard InChI is InChI=1S/C11H17F3N4O3/c12-11(13,14)7-20-6-9-16-10(17-21-9)8(15)5-18-1-3-19-4-2-18/h8H,1-7,15H2. The van der Waals surface area contributed by atoms with Crippen LogP contribution in [0.25, 0.3) is 0 Å². The first-order valence-electron chi connectivity index (χ1n) is 6.47. The van der Waals surface area contributed by atoms with Crippen LogP contribution in [-0.4, -0.2) is 60.7 Å². The van der Waals surface area contributed by atoms with E-state index in [1.807, 2.05) is 0 Å². The zero-order chi connectivity index (χ0) is 15.3. The van der Waals surface area contributed by atoms with Crippen LogP contribution in [0.15, 0.2) is 4.52 Å². The Hall–Kier alpha value is -1.23. The van der Waals surface area contributed by atoms with Gasteiger partial charge in [-0.2, -0.15) is 18.2 Å². The van der Waals surface area contributed by atoms with Crippen molar-refractivity contribution < 1.29 is 27.2 Å². The highest BCUT2D eigenvalue weighted by molar-refractivity contribution is 4.93. The van der Waals surface area contributed by atoms with Gasteiger partial charge in [-0.15, -0.1) is 0 Å². The van der Waals surface area contributed by atoms with Crippen LogP contribution in [0.4, 0.5) is 13.2 Å².